The van der Waals surface area contributed by atoms with E-state index >= 15 is 0 Å². The molecule has 0 bridgehead atoms. The van der Waals surface area contributed by atoms with Gasteiger partial charge in [0.2, 0.25) is 0 Å². The van der Waals surface area contributed by atoms with Crippen molar-refractivity contribution in [1.82, 2.24) is 15.0 Å². The van der Waals surface area contributed by atoms with Gasteiger partial charge in [-0.25, -0.2) is 9.97 Å². The minimum absolute atomic E-state index is 0.888. The van der Waals surface area contributed by atoms with Gasteiger partial charge in [0.1, 0.15) is 12.1 Å². The Balaban J connectivity index is 1.63. The lowest BCUT2D eigenvalue weighted by molar-refractivity contribution is 0.722. The van der Waals surface area contributed by atoms with Crippen molar-refractivity contribution < 1.29 is 0 Å². The summed E-state index contributed by atoms with van der Waals surface area (Å²) >= 11 is 0. The van der Waals surface area contributed by atoms with Gasteiger partial charge in [0.05, 0.1) is 5.52 Å². The maximum absolute atomic E-state index is 4.70. The van der Waals surface area contributed by atoms with Gasteiger partial charge in [-0.15, -0.1) is 0 Å². The number of hydrogen-bond donors (Lipinski definition) is 0. The van der Waals surface area contributed by atoms with Gasteiger partial charge in [-0.2, -0.15) is 0 Å². The Hall–Kier alpha value is -3.27. The molecule has 2 aromatic carbocycles. The number of benzene rings is 2. The van der Waals surface area contributed by atoms with Crippen molar-refractivity contribution in [1.29, 1.82) is 0 Å². The van der Waals surface area contributed by atoms with Crippen LogP contribution in [0, 0.1) is 13.8 Å². The topological polar surface area (TPSA) is 41.9 Å². The summed E-state index contributed by atoms with van der Waals surface area (Å²) in [6, 6.07) is 15.2. The van der Waals surface area contributed by atoms with Gasteiger partial charge in [-0.3, -0.25) is 4.98 Å². The standard InChI is InChI=1S/C24H22N4/c1-16-5-6-18-7-9-28(14-21(18)10-16)24-22-12-20(19-4-3-8-25-13-19)11-17(2)23(22)26-15-27-24/h3-6,8,10-13,15H,7,9,14H2,1-2H3. The fraction of sp³-hybridized carbons (Fsp3) is 0.208. The lowest BCUT2D eigenvalue weighted by atomic mass is 9.97. The smallest absolute Gasteiger partial charge is 0.140 e. The monoisotopic (exact) mass is 366 g/mol. The number of aryl methyl sites for hydroxylation is 2. The predicted octanol–water partition coefficient (Wildman–Crippen LogP) is 4.87. The quantitative estimate of drug-likeness (QED) is 0.507. The first kappa shape index (κ1) is 16.9. The summed E-state index contributed by atoms with van der Waals surface area (Å²) < 4.78 is 0. The molecule has 0 atom stereocenters. The fourth-order valence-electron chi connectivity index (χ4n) is 4.15. The average Bonchev–Trinajstić information content (AvgIpc) is 2.73. The van der Waals surface area contributed by atoms with E-state index < -0.39 is 0 Å². The predicted molar refractivity (Wildman–Crippen MR) is 113 cm³/mol. The van der Waals surface area contributed by atoms with Gasteiger partial charge in [-0.05, 0) is 60.7 Å². The normalized spacial score (nSPS) is 13.6. The molecule has 0 N–H and O–H groups in total. The van der Waals surface area contributed by atoms with Crippen LogP contribution in [0.1, 0.15) is 22.3 Å². The number of fused-ring (bicyclic) bond motifs is 2. The molecule has 28 heavy (non-hydrogen) atoms. The van der Waals surface area contributed by atoms with E-state index in [4.69, 9.17) is 4.98 Å². The van der Waals surface area contributed by atoms with Crippen molar-refractivity contribution in [2.75, 3.05) is 11.4 Å². The maximum atomic E-state index is 4.70. The molecule has 0 radical (unpaired) electrons. The van der Waals surface area contributed by atoms with Crippen LogP contribution in [0.15, 0.2) is 61.2 Å². The minimum atomic E-state index is 0.888. The third kappa shape index (κ3) is 2.91. The van der Waals surface area contributed by atoms with E-state index in [0.717, 1.165) is 52.9 Å². The van der Waals surface area contributed by atoms with Gasteiger partial charge in [0.15, 0.2) is 0 Å². The average molecular weight is 366 g/mol. The SMILES string of the molecule is Cc1ccc2c(c1)CN(c1ncnc3c(C)cc(-c4cccnc4)cc13)CC2. The molecule has 0 saturated heterocycles. The number of anilines is 1. The van der Waals surface area contributed by atoms with E-state index in [1.54, 1.807) is 12.5 Å². The highest BCUT2D eigenvalue weighted by molar-refractivity contribution is 5.95. The highest BCUT2D eigenvalue weighted by Crippen LogP contribution is 2.33. The summed E-state index contributed by atoms with van der Waals surface area (Å²) in [7, 11) is 0. The van der Waals surface area contributed by atoms with Crippen LogP contribution in [0.4, 0.5) is 5.82 Å². The van der Waals surface area contributed by atoms with E-state index in [2.05, 4.69) is 65.1 Å². The van der Waals surface area contributed by atoms with Crippen LogP contribution in [-0.2, 0) is 13.0 Å². The van der Waals surface area contributed by atoms with E-state index in [1.807, 2.05) is 12.3 Å². The maximum Gasteiger partial charge on any atom is 0.140 e. The molecule has 5 rings (SSSR count). The first-order valence-corrected chi connectivity index (χ1v) is 9.68. The van der Waals surface area contributed by atoms with Crippen molar-refractivity contribution in [3.05, 3.63) is 83.4 Å². The summed E-state index contributed by atoms with van der Waals surface area (Å²) in [6.45, 7) is 6.13. The lowest BCUT2D eigenvalue weighted by Gasteiger charge is -2.31. The fourth-order valence-corrected chi connectivity index (χ4v) is 4.15. The molecule has 0 fully saturated rings. The molecule has 0 unspecified atom stereocenters. The first-order valence-electron chi connectivity index (χ1n) is 9.68. The molecule has 0 aliphatic carbocycles. The van der Waals surface area contributed by atoms with Gasteiger partial charge in [0, 0.05) is 36.4 Å². The molecule has 4 heteroatoms. The summed E-state index contributed by atoms with van der Waals surface area (Å²) in [6.07, 6.45) is 6.45. The van der Waals surface area contributed by atoms with E-state index in [1.165, 1.54) is 16.7 Å². The number of pyridine rings is 1. The van der Waals surface area contributed by atoms with Gasteiger partial charge in [-0.1, -0.05) is 29.8 Å². The van der Waals surface area contributed by atoms with Gasteiger partial charge in [0.25, 0.3) is 0 Å². The van der Waals surface area contributed by atoms with Crippen molar-refractivity contribution in [2.24, 2.45) is 0 Å². The van der Waals surface area contributed by atoms with Crippen molar-refractivity contribution >= 4 is 16.7 Å². The van der Waals surface area contributed by atoms with Crippen molar-refractivity contribution in [2.45, 2.75) is 26.8 Å². The Bertz CT molecular complexity index is 1170. The Morgan fingerprint density at radius 2 is 1.86 bits per heavy atom. The first-order chi connectivity index (χ1) is 13.7. The largest absolute Gasteiger partial charge is 0.351 e. The van der Waals surface area contributed by atoms with E-state index in [9.17, 15) is 0 Å². The van der Waals surface area contributed by atoms with Crippen molar-refractivity contribution in [3.63, 3.8) is 0 Å². The van der Waals surface area contributed by atoms with Crippen LogP contribution in [0.25, 0.3) is 22.0 Å². The molecule has 0 spiro atoms. The molecule has 4 aromatic rings. The highest BCUT2D eigenvalue weighted by atomic mass is 15.2. The van der Waals surface area contributed by atoms with Crippen molar-refractivity contribution in [3.8, 4) is 11.1 Å². The summed E-state index contributed by atoms with van der Waals surface area (Å²) in [5.41, 5.74) is 8.61. The molecular formula is C24H22N4. The third-order valence-corrected chi connectivity index (χ3v) is 5.58. The molecular weight excluding hydrogens is 344 g/mol. The van der Waals surface area contributed by atoms with Gasteiger partial charge < -0.3 is 4.90 Å². The third-order valence-electron chi connectivity index (χ3n) is 5.58. The van der Waals surface area contributed by atoms with Crippen LogP contribution in [0.2, 0.25) is 0 Å². The molecule has 0 amide bonds. The van der Waals surface area contributed by atoms with Crippen LogP contribution in [0.3, 0.4) is 0 Å². The van der Waals surface area contributed by atoms with Crippen LogP contribution in [-0.4, -0.2) is 21.5 Å². The highest BCUT2D eigenvalue weighted by Gasteiger charge is 2.20. The zero-order valence-electron chi connectivity index (χ0n) is 16.2. The van der Waals surface area contributed by atoms with Crippen LogP contribution >= 0.6 is 0 Å². The number of hydrogen-bond acceptors (Lipinski definition) is 4. The van der Waals surface area contributed by atoms with Crippen LogP contribution < -0.4 is 4.90 Å². The zero-order valence-corrected chi connectivity index (χ0v) is 16.2. The molecule has 138 valence electrons. The summed E-state index contributed by atoms with van der Waals surface area (Å²) in [5, 5.41) is 1.11. The zero-order chi connectivity index (χ0) is 19.1. The van der Waals surface area contributed by atoms with Gasteiger partial charge >= 0.3 is 0 Å². The van der Waals surface area contributed by atoms with E-state index in [0.29, 0.717) is 0 Å². The Labute approximate surface area is 164 Å². The molecule has 4 nitrogen and oxygen atoms in total. The number of nitrogens with zero attached hydrogens (tertiary/aromatic N) is 4. The lowest BCUT2D eigenvalue weighted by Crippen LogP contribution is -2.31. The number of rotatable bonds is 2. The minimum Gasteiger partial charge on any atom is -0.351 e. The number of aromatic nitrogens is 3. The Morgan fingerprint density at radius 1 is 0.929 bits per heavy atom. The second kappa shape index (κ2) is 6.71. The Morgan fingerprint density at radius 3 is 2.71 bits per heavy atom. The molecule has 1 aliphatic rings. The second-order valence-electron chi connectivity index (χ2n) is 7.57. The van der Waals surface area contributed by atoms with E-state index in [-0.39, 0.29) is 0 Å². The molecule has 3 heterocycles. The second-order valence-corrected chi connectivity index (χ2v) is 7.57. The Kier molecular flexibility index (Phi) is 4.05. The molecule has 0 saturated carbocycles. The molecule has 2 aromatic heterocycles. The van der Waals surface area contributed by atoms with Crippen LogP contribution in [0.5, 0.6) is 0 Å². The summed E-state index contributed by atoms with van der Waals surface area (Å²) in [4.78, 5) is 15.9. The summed E-state index contributed by atoms with van der Waals surface area (Å²) in [5.74, 6) is 1.02. The molecule has 1 aliphatic heterocycles.